The largest absolute Gasteiger partial charge is 0.460 e. The molecule has 0 spiro atoms. The van der Waals surface area contributed by atoms with Gasteiger partial charge in [0.15, 0.2) is 0 Å². The Labute approximate surface area is 126 Å². The number of rotatable bonds is 4. The molecule has 1 aromatic carbocycles. The first kappa shape index (κ1) is 16.0. The second-order valence-electron chi connectivity index (χ2n) is 6.33. The molecule has 0 amide bonds. The van der Waals surface area contributed by atoms with Crippen molar-refractivity contribution in [2.24, 2.45) is 0 Å². The second-order valence-corrected chi connectivity index (χ2v) is 8.22. The Morgan fingerprint density at radius 1 is 1.29 bits per heavy atom. The summed E-state index contributed by atoms with van der Waals surface area (Å²) in [4.78, 5) is 12.0. The summed E-state index contributed by atoms with van der Waals surface area (Å²) in [6, 6.07) is 6.42. The van der Waals surface area contributed by atoms with E-state index in [0.717, 1.165) is 5.56 Å². The van der Waals surface area contributed by atoms with E-state index in [9.17, 15) is 13.2 Å². The molecule has 1 heterocycles. The van der Waals surface area contributed by atoms with Crippen LogP contribution in [0.4, 0.5) is 0 Å². The number of carbonyl (C=O) groups excluding carboxylic acids is 1. The van der Waals surface area contributed by atoms with Crippen molar-refractivity contribution < 1.29 is 17.9 Å². The Bertz CT molecular complexity index is 629. The minimum absolute atomic E-state index is 0.0996. The molecule has 1 aromatic rings. The van der Waals surface area contributed by atoms with Gasteiger partial charge in [0.2, 0.25) is 10.0 Å². The number of nitrogens with zero attached hydrogens (tertiary/aromatic N) is 1. The number of aryl methyl sites for hydroxylation is 1. The SMILES string of the molecule is Cc1ccc(S(=O)(=O)N2C[C@@H]2CC(=O)OC(C)(C)C)cc1. The summed E-state index contributed by atoms with van der Waals surface area (Å²) < 4.78 is 31.3. The average Bonchev–Trinajstić information content (AvgIpc) is 3.06. The maximum atomic E-state index is 12.4. The van der Waals surface area contributed by atoms with Crippen LogP contribution in [0.3, 0.4) is 0 Å². The fourth-order valence-corrected chi connectivity index (χ4v) is 3.63. The molecule has 0 radical (unpaired) electrons. The lowest BCUT2D eigenvalue weighted by molar-refractivity contribution is -0.154. The quantitative estimate of drug-likeness (QED) is 0.631. The van der Waals surface area contributed by atoms with Crippen LogP contribution in [0.2, 0.25) is 0 Å². The minimum Gasteiger partial charge on any atom is -0.460 e. The zero-order chi connectivity index (χ0) is 15.8. The molecule has 6 heteroatoms. The summed E-state index contributed by atoms with van der Waals surface area (Å²) in [6.07, 6.45) is 0.0996. The van der Waals surface area contributed by atoms with E-state index in [-0.39, 0.29) is 23.3 Å². The van der Waals surface area contributed by atoms with Gasteiger partial charge in [-0.3, -0.25) is 4.79 Å². The number of hydrogen-bond acceptors (Lipinski definition) is 4. The van der Waals surface area contributed by atoms with E-state index in [1.165, 1.54) is 4.31 Å². The molecule has 0 saturated carbocycles. The van der Waals surface area contributed by atoms with E-state index < -0.39 is 15.6 Å². The maximum Gasteiger partial charge on any atom is 0.307 e. The predicted molar refractivity (Wildman–Crippen MR) is 79.3 cm³/mol. The summed E-state index contributed by atoms with van der Waals surface area (Å²) in [7, 11) is -3.50. The second kappa shape index (κ2) is 5.42. The van der Waals surface area contributed by atoms with Gasteiger partial charge >= 0.3 is 5.97 Å². The summed E-state index contributed by atoms with van der Waals surface area (Å²) in [5, 5.41) is 0. The highest BCUT2D eigenvalue weighted by Gasteiger charge is 2.46. The van der Waals surface area contributed by atoms with E-state index >= 15 is 0 Å². The predicted octanol–water partition coefficient (Wildman–Crippen LogP) is 2.10. The van der Waals surface area contributed by atoms with Crippen LogP contribution in [0.15, 0.2) is 29.2 Å². The van der Waals surface area contributed by atoms with Crippen LogP contribution in [0.25, 0.3) is 0 Å². The van der Waals surface area contributed by atoms with Crippen molar-refractivity contribution in [3.63, 3.8) is 0 Å². The first-order valence-corrected chi connectivity index (χ1v) is 8.34. The molecule has 2 rings (SSSR count). The highest BCUT2D eigenvalue weighted by molar-refractivity contribution is 7.89. The number of ether oxygens (including phenoxy) is 1. The summed E-state index contributed by atoms with van der Waals surface area (Å²) >= 11 is 0. The lowest BCUT2D eigenvalue weighted by Gasteiger charge is -2.19. The zero-order valence-corrected chi connectivity index (χ0v) is 13.6. The Morgan fingerprint density at radius 3 is 2.38 bits per heavy atom. The molecule has 116 valence electrons. The molecule has 1 aliphatic heterocycles. The molecular weight excluding hydrogens is 290 g/mol. The summed E-state index contributed by atoms with van der Waals surface area (Å²) in [5.74, 6) is -0.367. The van der Waals surface area contributed by atoms with E-state index in [1.807, 2.05) is 6.92 Å². The standard InChI is InChI=1S/C15H21NO4S/c1-11-5-7-13(8-6-11)21(18,19)16-10-12(16)9-14(17)20-15(2,3)4/h5-8,12H,9-10H2,1-4H3/t12-,16?/m0/s1. The normalized spacial score (nSPS) is 21.9. The van der Waals surface area contributed by atoms with E-state index in [0.29, 0.717) is 6.54 Å². The van der Waals surface area contributed by atoms with Crippen LogP contribution in [-0.2, 0) is 19.6 Å². The number of sulfonamides is 1. The van der Waals surface area contributed by atoms with Crippen LogP contribution < -0.4 is 0 Å². The van der Waals surface area contributed by atoms with Crippen molar-refractivity contribution >= 4 is 16.0 Å². The monoisotopic (exact) mass is 311 g/mol. The van der Waals surface area contributed by atoms with Crippen molar-refractivity contribution in [2.75, 3.05) is 6.54 Å². The Morgan fingerprint density at radius 2 is 1.86 bits per heavy atom. The molecule has 0 aromatic heterocycles. The molecule has 1 fully saturated rings. The van der Waals surface area contributed by atoms with Gasteiger partial charge in [0.25, 0.3) is 0 Å². The van der Waals surface area contributed by atoms with Gasteiger partial charge in [-0.25, -0.2) is 8.42 Å². The van der Waals surface area contributed by atoms with Gasteiger partial charge in [0.05, 0.1) is 11.3 Å². The third kappa shape index (κ3) is 4.04. The number of carbonyl (C=O) groups is 1. The molecule has 1 aliphatic rings. The molecule has 0 aliphatic carbocycles. The van der Waals surface area contributed by atoms with Crippen molar-refractivity contribution in [1.82, 2.24) is 4.31 Å². The highest BCUT2D eigenvalue weighted by Crippen LogP contribution is 2.31. The van der Waals surface area contributed by atoms with Gasteiger partial charge in [-0.2, -0.15) is 4.31 Å². The van der Waals surface area contributed by atoms with Crippen molar-refractivity contribution in [3.8, 4) is 0 Å². The van der Waals surface area contributed by atoms with Crippen LogP contribution in [0, 0.1) is 6.92 Å². The van der Waals surface area contributed by atoms with Gasteiger partial charge in [-0.05, 0) is 39.8 Å². The van der Waals surface area contributed by atoms with Crippen LogP contribution in [0.5, 0.6) is 0 Å². The molecule has 5 nitrogen and oxygen atoms in total. The molecule has 1 unspecified atom stereocenters. The number of benzene rings is 1. The third-order valence-corrected chi connectivity index (χ3v) is 5.05. The Balaban J connectivity index is 1.99. The average molecular weight is 311 g/mol. The first-order chi connectivity index (χ1) is 9.59. The first-order valence-electron chi connectivity index (χ1n) is 6.90. The van der Waals surface area contributed by atoms with Crippen LogP contribution in [0.1, 0.15) is 32.8 Å². The van der Waals surface area contributed by atoms with Crippen LogP contribution in [-0.4, -0.2) is 36.9 Å². The van der Waals surface area contributed by atoms with Gasteiger partial charge in [-0.15, -0.1) is 0 Å². The van der Waals surface area contributed by atoms with Gasteiger partial charge in [-0.1, -0.05) is 17.7 Å². The topological polar surface area (TPSA) is 63.5 Å². The molecule has 0 N–H and O–H groups in total. The molecule has 0 bridgehead atoms. The van der Waals surface area contributed by atoms with Crippen LogP contribution >= 0.6 is 0 Å². The van der Waals surface area contributed by atoms with Gasteiger partial charge in [0, 0.05) is 12.6 Å². The fraction of sp³-hybridized carbons (Fsp3) is 0.533. The highest BCUT2D eigenvalue weighted by atomic mass is 32.2. The molecular formula is C15H21NO4S. The fourth-order valence-electron chi connectivity index (χ4n) is 2.04. The van der Waals surface area contributed by atoms with E-state index in [4.69, 9.17) is 4.74 Å². The maximum absolute atomic E-state index is 12.4. The lowest BCUT2D eigenvalue weighted by atomic mass is 10.2. The van der Waals surface area contributed by atoms with Crippen molar-refractivity contribution in [3.05, 3.63) is 29.8 Å². The third-order valence-electron chi connectivity index (χ3n) is 3.11. The summed E-state index contributed by atoms with van der Waals surface area (Å²) in [5.41, 5.74) is 0.456. The van der Waals surface area contributed by atoms with Crippen molar-refractivity contribution in [1.29, 1.82) is 0 Å². The molecule has 21 heavy (non-hydrogen) atoms. The van der Waals surface area contributed by atoms with Gasteiger partial charge < -0.3 is 4.74 Å². The summed E-state index contributed by atoms with van der Waals surface area (Å²) in [6.45, 7) is 7.64. The zero-order valence-electron chi connectivity index (χ0n) is 12.8. The Kier molecular flexibility index (Phi) is 4.13. The van der Waals surface area contributed by atoms with E-state index in [1.54, 1.807) is 45.0 Å². The van der Waals surface area contributed by atoms with Gasteiger partial charge in [0.1, 0.15) is 5.60 Å². The Hall–Kier alpha value is -1.40. The number of esters is 1. The van der Waals surface area contributed by atoms with Crippen molar-refractivity contribution in [2.45, 2.75) is 50.7 Å². The molecule has 1 saturated heterocycles. The smallest absolute Gasteiger partial charge is 0.307 e. The lowest BCUT2D eigenvalue weighted by Crippen LogP contribution is -2.25. The minimum atomic E-state index is -3.50. The van der Waals surface area contributed by atoms with E-state index in [2.05, 4.69) is 0 Å². The molecule has 2 atom stereocenters. The number of hydrogen-bond donors (Lipinski definition) is 0.